The van der Waals surface area contributed by atoms with Gasteiger partial charge in [-0.2, -0.15) is 5.10 Å². The van der Waals surface area contributed by atoms with Crippen LogP contribution in [0.15, 0.2) is 33.5 Å². The minimum absolute atomic E-state index is 0.0693. The lowest BCUT2D eigenvalue weighted by atomic mass is 10.0. The van der Waals surface area contributed by atoms with Crippen LogP contribution >= 0.6 is 27.5 Å². The number of nitrogens with one attached hydrogen (secondary N) is 1. The molecule has 9 nitrogen and oxygen atoms in total. The third-order valence-electron chi connectivity index (χ3n) is 5.63. The second-order valence-electron chi connectivity index (χ2n) is 11.3. The van der Waals surface area contributed by atoms with Crippen molar-refractivity contribution < 1.29 is 27.9 Å². The summed E-state index contributed by atoms with van der Waals surface area (Å²) in [6.07, 6.45) is -1.08. The van der Waals surface area contributed by atoms with Crippen LogP contribution in [0.25, 0.3) is 5.52 Å². The fourth-order valence-corrected chi connectivity index (χ4v) is 4.85. The summed E-state index contributed by atoms with van der Waals surface area (Å²) >= 11 is 10.0. The number of ether oxygens (including phenoxy) is 2. The third kappa shape index (κ3) is 7.88. The summed E-state index contributed by atoms with van der Waals surface area (Å²) in [6.45, 7) is 13.8. The summed E-state index contributed by atoms with van der Waals surface area (Å²) in [7, 11) is 0. The Morgan fingerprint density at radius 1 is 1.23 bits per heavy atom. The molecule has 0 saturated heterocycles. The molecule has 39 heavy (non-hydrogen) atoms. The highest BCUT2D eigenvalue weighted by molar-refractivity contribution is 9.10. The zero-order valence-electron chi connectivity index (χ0n) is 23.4. The molecule has 0 radical (unpaired) electrons. The van der Waals surface area contributed by atoms with Crippen molar-refractivity contribution in [1.82, 2.24) is 14.9 Å². The van der Waals surface area contributed by atoms with Crippen molar-refractivity contribution in [3.8, 4) is 0 Å². The average Bonchev–Trinajstić information content (AvgIpc) is 3.36. The topological polar surface area (TPSA) is 98.3 Å². The van der Waals surface area contributed by atoms with E-state index in [-0.39, 0.29) is 18.1 Å². The fourth-order valence-electron chi connectivity index (χ4n) is 3.96. The van der Waals surface area contributed by atoms with E-state index in [4.69, 9.17) is 25.5 Å². The van der Waals surface area contributed by atoms with Gasteiger partial charge in [-0.3, -0.25) is 4.90 Å². The van der Waals surface area contributed by atoms with Crippen molar-refractivity contribution in [2.45, 2.75) is 91.8 Å². The molecule has 214 valence electrons. The molecule has 0 aliphatic heterocycles. The van der Waals surface area contributed by atoms with E-state index in [9.17, 15) is 14.0 Å². The lowest BCUT2D eigenvalue weighted by Crippen LogP contribution is -2.44. The Labute approximate surface area is 241 Å². The molecule has 3 aromatic rings. The van der Waals surface area contributed by atoms with E-state index in [1.54, 1.807) is 64.3 Å². The summed E-state index contributed by atoms with van der Waals surface area (Å²) in [5, 5.41) is 7.17. The number of fused-ring (bicyclic) bond motifs is 1. The molecule has 2 amide bonds. The summed E-state index contributed by atoms with van der Waals surface area (Å²) in [5.41, 5.74) is 0.886. The number of aromatic nitrogens is 2. The standard InChI is InChI=1S/C27H35BrClFN4O5/c1-15-18(12-19(16(2)30)31-24(35)38-26(3,4)5)23(28)34-22(15)20(13-21(29)32-34)33(14-17-10-9-11-37-17)25(36)39-27(6,7)8/h9-11,13,16,19H,12,14H2,1-8H3,(H,31,35)/t16-,19+/m0/s1. The van der Waals surface area contributed by atoms with Gasteiger partial charge >= 0.3 is 12.2 Å². The van der Waals surface area contributed by atoms with E-state index in [2.05, 4.69) is 26.3 Å². The Hall–Kier alpha value is -2.79. The maximum Gasteiger partial charge on any atom is 0.415 e. The van der Waals surface area contributed by atoms with E-state index in [0.29, 0.717) is 32.7 Å². The molecule has 0 aliphatic rings. The van der Waals surface area contributed by atoms with Crippen LogP contribution < -0.4 is 10.2 Å². The van der Waals surface area contributed by atoms with Gasteiger partial charge < -0.3 is 19.2 Å². The molecule has 0 fully saturated rings. The second kappa shape index (κ2) is 11.8. The number of anilines is 1. The molecular weight excluding hydrogens is 595 g/mol. The van der Waals surface area contributed by atoms with Crippen molar-refractivity contribution in [2.24, 2.45) is 0 Å². The number of hydrogen-bond acceptors (Lipinski definition) is 6. The van der Waals surface area contributed by atoms with Crippen LogP contribution in [0.4, 0.5) is 19.7 Å². The molecule has 0 unspecified atom stereocenters. The highest BCUT2D eigenvalue weighted by atomic mass is 79.9. The van der Waals surface area contributed by atoms with Crippen LogP contribution in [-0.4, -0.2) is 45.2 Å². The molecule has 3 aromatic heterocycles. The Morgan fingerprint density at radius 3 is 2.41 bits per heavy atom. The van der Waals surface area contributed by atoms with Gasteiger partial charge in [0.05, 0.1) is 30.1 Å². The fraction of sp³-hybridized carbons (Fsp3) is 0.519. The number of carbonyl (C=O) groups is 2. The first-order valence-corrected chi connectivity index (χ1v) is 13.7. The Balaban J connectivity index is 2.10. The number of amides is 2. The number of halogens is 3. The Bertz CT molecular complexity index is 1330. The molecule has 0 aromatic carbocycles. The van der Waals surface area contributed by atoms with Crippen molar-refractivity contribution in [1.29, 1.82) is 0 Å². The van der Waals surface area contributed by atoms with E-state index in [0.717, 1.165) is 0 Å². The van der Waals surface area contributed by atoms with E-state index >= 15 is 0 Å². The summed E-state index contributed by atoms with van der Waals surface area (Å²) in [5.74, 6) is 0.531. The van der Waals surface area contributed by atoms with E-state index < -0.39 is 35.6 Å². The van der Waals surface area contributed by atoms with Crippen molar-refractivity contribution in [3.63, 3.8) is 0 Å². The van der Waals surface area contributed by atoms with Crippen LogP contribution in [0.2, 0.25) is 5.15 Å². The van der Waals surface area contributed by atoms with E-state index in [1.807, 2.05) is 6.92 Å². The molecule has 0 spiro atoms. The summed E-state index contributed by atoms with van der Waals surface area (Å²) in [4.78, 5) is 27.3. The zero-order valence-corrected chi connectivity index (χ0v) is 25.7. The van der Waals surface area contributed by atoms with Gasteiger partial charge in [0.25, 0.3) is 0 Å². The van der Waals surface area contributed by atoms with Crippen LogP contribution in [0.5, 0.6) is 0 Å². The number of nitrogens with zero attached hydrogens (tertiary/aromatic N) is 3. The highest BCUT2D eigenvalue weighted by Gasteiger charge is 2.31. The first kappa shape index (κ1) is 30.7. The predicted molar refractivity (Wildman–Crippen MR) is 151 cm³/mol. The molecule has 0 saturated carbocycles. The Kier molecular flexibility index (Phi) is 9.27. The summed E-state index contributed by atoms with van der Waals surface area (Å²) < 4.78 is 33.3. The lowest BCUT2D eigenvalue weighted by Gasteiger charge is -2.27. The Morgan fingerprint density at radius 2 is 1.87 bits per heavy atom. The van der Waals surface area contributed by atoms with Gasteiger partial charge in [0, 0.05) is 6.07 Å². The van der Waals surface area contributed by atoms with Gasteiger partial charge in [-0.1, -0.05) is 11.6 Å². The molecule has 2 atom stereocenters. The van der Waals surface area contributed by atoms with Crippen LogP contribution in [0, 0.1) is 6.92 Å². The number of hydrogen-bond donors (Lipinski definition) is 1. The first-order chi connectivity index (χ1) is 18.0. The third-order valence-corrected chi connectivity index (χ3v) is 6.63. The highest BCUT2D eigenvalue weighted by Crippen LogP contribution is 2.37. The molecular formula is C27H35BrClFN4O5. The van der Waals surface area contributed by atoms with Crippen LogP contribution in [0.1, 0.15) is 65.4 Å². The molecule has 0 aliphatic carbocycles. The number of rotatable bonds is 7. The van der Waals surface area contributed by atoms with Gasteiger partial charge in [-0.05, 0) is 101 Å². The minimum atomic E-state index is -1.39. The predicted octanol–water partition coefficient (Wildman–Crippen LogP) is 7.39. The molecule has 0 bridgehead atoms. The normalized spacial score (nSPS) is 13.7. The van der Waals surface area contributed by atoms with Gasteiger partial charge in [-0.25, -0.2) is 18.5 Å². The zero-order chi connectivity index (χ0) is 29.3. The van der Waals surface area contributed by atoms with Gasteiger partial charge in [0.1, 0.15) is 27.7 Å². The number of alkyl halides is 1. The quantitative estimate of drug-likeness (QED) is 0.293. The largest absolute Gasteiger partial charge is 0.467 e. The molecule has 12 heteroatoms. The van der Waals surface area contributed by atoms with Crippen LogP contribution in [-0.2, 0) is 22.4 Å². The van der Waals surface area contributed by atoms with Crippen molar-refractivity contribution in [3.05, 3.63) is 51.1 Å². The van der Waals surface area contributed by atoms with E-state index in [1.165, 1.54) is 18.1 Å². The van der Waals surface area contributed by atoms with Crippen molar-refractivity contribution in [2.75, 3.05) is 4.90 Å². The average molecular weight is 630 g/mol. The monoisotopic (exact) mass is 628 g/mol. The molecule has 1 N–H and O–H groups in total. The van der Waals surface area contributed by atoms with Gasteiger partial charge in [-0.15, -0.1) is 0 Å². The first-order valence-electron chi connectivity index (χ1n) is 12.5. The number of carbonyl (C=O) groups excluding carboxylic acids is 2. The molecule has 3 rings (SSSR count). The van der Waals surface area contributed by atoms with Crippen molar-refractivity contribution >= 4 is 50.9 Å². The SMILES string of the molecule is Cc1c(C[C@@H](NC(=O)OC(C)(C)C)[C@H](C)F)c(Br)n2nc(Cl)cc(N(Cc3ccco3)C(=O)OC(C)(C)C)c12. The van der Waals surface area contributed by atoms with Crippen LogP contribution in [0.3, 0.4) is 0 Å². The number of furan rings is 1. The number of aryl methyl sites for hydroxylation is 1. The number of alkyl carbamates (subject to hydrolysis) is 1. The smallest absolute Gasteiger partial charge is 0.415 e. The lowest BCUT2D eigenvalue weighted by molar-refractivity contribution is 0.0476. The maximum atomic E-state index is 14.7. The summed E-state index contributed by atoms with van der Waals surface area (Å²) in [6, 6.07) is 4.15. The van der Waals surface area contributed by atoms with Gasteiger partial charge in [0.2, 0.25) is 0 Å². The maximum absolute atomic E-state index is 14.7. The minimum Gasteiger partial charge on any atom is -0.467 e. The van der Waals surface area contributed by atoms with Gasteiger partial charge in [0.15, 0.2) is 5.15 Å². The molecule has 3 heterocycles. The second-order valence-corrected chi connectivity index (χ2v) is 12.4.